The molecule has 2 atom stereocenters. The van der Waals surface area contributed by atoms with Crippen molar-refractivity contribution in [2.75, 3.05) is 6.61 Å². The second-order valence-electron chi connectivity index (χ2n) is 8.28. The van der Waals surface area contributed by atoms with E-state index in [1.165, 1.54) is 0 Å². The van der Waals surface area contributed by atoms with Gasteiger partial charge in [0.2, 0.25) is 0 Å². The third-order valence-electron chi connectivity index (χ3n) is 5.78. The average molecular weight is 481 g/mol. The van der Waals surface area contributed by atoms with Crippen molar-refractivity contribution in [3.05, 3.63) is 76.5 Å². The van der Waals surface area contributed by atoms with Gasteiger partial charge in [-0.3, -0.25) is 9.59 Å². The minimum Gasteiger partial charge on any atom is -0.493 e. The van der Waals surface area contributed by atoms with Crippen molar-refractivity contribution in [1.29, 1.82) is 0 Å². The van der Waals surface area contributed by atoms with Gasteiger partial charge in [0.15, 0.2) is 0 Å². The number of rotatable bonds is 13. The van der Waals surface area contributed by atoms with Crippen LogP contribution >= 0.6 is 11.3 Å². The molecule has 2 unspecified atom stereocenters. The number of carbonyl (C=O) groups excluding carboxylic acids is 1. The predicted molar refractivity (Wildman–Crippen MR) is 137 cm³/mol. The number of aliphatic carboxylic acids is 1. The largest absolute Gasteiger partial charge is 0.493 e. The highest BCUT2D eigenvalue weighted by Crippen LogP contribution is 2.25. The van der Waals surface area contributed by atoms with E-state index in [4.69, 9.17) is 11.2 Å². The smallest absolute Gasteiger partial charge is 0.303 e. The summed E-state index contributed by atoms with van der Waals surface area (Å²) < 4.78 is 15.0. The van der Waals surface area contributed by atoms with E-state index in [-0.39, 0.29) is 18.4 Å². The Balaban J connectivity index is 1.74. The fourth-order valence-corrected chi connectivity index (χ4v) is 4.24. The summed E-state index contributed by atoms with van der Waals surface area (Å²) >= 11 is 1.63. The summed E-state index contributed by atoms with van der Waals surface area (Å²) in [6.07, 6.45) is 2.99. The van der Waals surface area contributed by atoms with Gasteiger partial charge in [0.25, 0.3) is 5.91 Å². The van der Waals surface area contributed by atoms with Crippen LogP contribution in [0.1, 0.15) is 63.2 Å². The zero-order valence-corrected chi connectivity index (χ0v) is 20.6. The molecule has 1 N–H and O–H groups in total. The van der Waals surface area contributed by atoms with E-state index in [1.54, 1.807) is 16.2 Å². The van der Waals surface area contributed by atoms with Crippen LogP contribution < -0.4 is 4.74 Å². The Hall–Kier alpha value is -3.12. The molecule has 0 radical (unpaired) electrons. The summed E-state index contributed by atoms with van der Waals surface area (Å²) in [6.45, 7) is 3.49. The number of carboxylic acid groups (broad SMARTS) is 1. The number of carboxylic acids is 1. The van der Waals surface area contributed by atoms with Crippen molar-refractivity contribution >= 4 is 23.2 Å². The first kappa shape index (κ1) is 24.0. The van der Waals surface area contributed by atoms with Crippen LogP contribution in [0.15, 0.2) is 65.4 Å². The van der Waals surface area contributed by atoms with Crippen molar-refractivity contribution in [2.24, 2.45) is 0 Å². The second kappa shape index (κ2) is 12.9. The van der Waals surface area contributed by atoms with Crippen LogP contribution in [-0.4, -0.2) is 34.5 Å². The first-order chi connectivity index (χ1) is 16.9. The van der Waals surface area contributed by atoms with E-state index in [2.05, 4.69) is 11.4 Å². The number of carbonyl (C=O) groups is 2. The zero-order chi connectivity index (χ0) is 25.2. The van der Waals surface area contributed by atoms with Crippen LogP contribution in [0.4, 0.5) is 0 Å². The summed E-state index contributed by atoms with van der Waals surface area (Å²) in [4.78, 5) is 25.9. The normalized spacial score (nSPS) is 13.1. The fourth-order valence-electron chi connectivity index (χ4n) is 3.57. The predicted octanol–water partition coefficient (Wildman–Crippen LogP) is 6.88. The molecule has 0 spiro atoms. The van der Waals surface area contributed by atoms with Gasteiger partial charge in [0.1, 0.15) is 5.75 Å². The lowest BCUT2D eigenvalue weighted by atomic mass is 10.0. The minimum atomic E-state index is -0.919. The third kappa shape index (κ3) is 7.19. The molecule has 1 amide bonds. The van der Waals surface area contributed by atoms with E-state index in [0.717, 1.165) is 30.4 Å². The van der Waals surface area contributed by atoms with Crippen molar-refractivity contribution in [3.63, 3.8) is 0 Å². The number of nitrogens with zero attached hydrogens (tertiary/aromatic N) is 1. The highest BCUT2D eigenvalue weighted by molar-refractivity contribution is 7.08. The van der Waals surface area contributed by atoms with Gasteiger partial charge in [-0.25, -0.2) is 0 Å². The monoisotopic (exact) mass is 480 g/mol. The number of hydrogen-bond acceptors (Lipinski definition) is 4. The summed E-state index contributed by atoms with van der Waals surface area (Å²) in [5.41, 5.74) is 3.38. The summed E-state index contributed by atoms with van der Waals surface area (Å²) in [5, 5.41) is 12.9. The molecule has 0 saturated carbocycles. The lowest BCUT2D eigenvalue weighted by Gasteiger charge is -2.29. The summed E-state index contributed by atoms with van der Waals surface area (Å²) in [6, 6.07) is 16.8. The molecule has 1 aromatic heterocycles. The van der Waals surface area contributed by atoms with Crippen LogP contribution in [0.2, 0.25) is 0 Å². The van der Waals surface area contributed by atoms with Gasteiger partial charge < -0.3 is 14.7 Å². The Labute approximate surface area is 207 Å². The number of para-hydroxylation sites is 1. The van der Waals surface area contributed by atoms with Crippen LogP contribution in [0.25, 0.3) is 11.1 Å². The number of hydrogen-bond donors (Lipinski definition) is 1. The van der Waals surface area contributed by atoms with Gasteiger partial charge in [-0.15, -0.1) is 0 Å². The molecule has 0 bridgehead atoms. The van der Waals surface area contributed by atoms with Crippen molar-refractivity contribution in [2.45, 2.75) is 58.5 Å². The molecule has 0 aliphatic carbocycles. The van der Waals surface area contributed by atoms with Gasteiger partial charge in [-0.1, -0.05) is 37.3 Å². The Morgan fingerprint density at radius 2 is 1.82 bits per heavy atom. The Morgan fingerprint density at radius 3 is 2.50 bits per heavy atom. The van der Waals surface area contributed by atoms with Crippen LogP contribution in [0.5, 0.6) is 5.75 Å². The van der Waals surface area contributed by atoms with Crippen LogP contribution in [-0.2, 0) is 11.3 Å². The lowest BCUT2D eigenvalue weighted by molar-refractivity contribution is -0.137. The number of ether oxygens (including phenoxy) is 1. The van der Waals surface area contributed by atoms with E-state index in [1.807, 2.05) is 67.8 Å². The molecule has 2 aromatic carbocycles. The first-order valence-corrected chi connectivity index (χ1v) is 12.7. The summed E-state index contributed by atoms with van der Waals surface area (Å²) in [5.74, 6) is -0.386. The van der Waals surface area contributed by atoms with E-state index >= 15 is 0 Å². The van der Waals surface area contributed by atoms with Crippen molar-refractivity contribution < 1.29 is 20.8 Å². The molecular weight excluding hydrogens is 446 g/mol. The molecule has 3 rings (SSSR count). The number of benzene rings is 2. The van der Waals surface area contributed by atoms with Crippen LogP contribution in [0.3, 0.4) is 0 Å². The van der Waals surface area contributed by atoms with Gasteiger partial charge in [-0.2, -0.15) is 11.3 Å². The lowest BCUT2D eigenvalue weighted by Crippen LogP contribution is -2.37. The minimum absolute atomic E-state index is 0.134. The van der Waals surface area contributed by atoms with E-state index in [9.17, 15) is 9.59 Å². The molecule has 0 fully saturated rings. The maximum absolute atomic E-state index is 13.6. The third-order valence-corrected chi connectivity index (χ3v) is 6.46. The van der Waals surface area contributed by atoms with Gasteiger partial charge in [-0.05, 0) is 78.8 Å². The molecular formula is C28H33NO4S. The van der Waals surface area contributed by atoms with Gasteiger partial charge in [0.05, 0.1) is 7.98 Å². The molecule has 0 aliphatic heterocycles. The number of amides is 1. The highest BCUT2D eigenvalue weighted by atomic mass is 32.1. The molecule has 180 valence electrons. The molecule has 1 heterocycles. The molecule has 6 heteroatoms. The van der Waals surface area contributed by atoms with E-state index < -0.39 is 12.5 Å². The standard InChI is InChI=1S/C28H33NO4S/c1-3-21(2)29(28(32)23-14-12-22(13-15-23)25-16-18-34-20-25)19-24-9-6-7-10-26(24)33-17-8-4-5-11-27(30)31/h6-7,9-10,12-16,18,20-21H,3-5,8,11,17,19H2,1-2H3,(H,30,31)/i19D. The SMILES string of the molecule is [2H]C(c1ccccc1OCCCCCC(=O)O)N(C(=O)c1ccc(-c2ccsc2)cc1)C(C)CC. The maximum Gasteiger partial charge on any atom is 0.303 e. The zero-order valence-electron chi connectivity index (χ0n) is 20.8. The number of thiophene rings is 1. The second-order valence-corrected chi connectivity index (χ2v) is 9.06. The molecule has 0 saturated heterocycles. The van der Waals surface area contributed by atoms with Gasteiger partial charge >= 0.3 is 5.97 Å². The fraction of sp³-hybridized carbons (Fsp3) is 0.357. The van der Waals surface area contributed by atoms with Crippen molar-refractivity contribution in [3.8, 4) is 16.9 Å². The average Bonchev–Trinajstić information content (AvgIpc) is 3.41. The van der Waals surface area contributed by atoms with Crippen LogP contribution in [0, 0.1) is 0 Å². The van der Waals surface area contributed by atoms with Crippen molar-refractivity contribution in [1.82, 2.24) is 4.90 Å². The van der Waals surface area contributed by atoms with E-state index in [0.29, 0.717) is 29.9 Å². The highest BCUT2D eigenvalue weighted by Gasteiger charge is 2.22. The maximum atomic E-state index is 13.6. The van der Waals surface area contributed by atoms with Gasteiger partial charge in [0, 0.05) is 30.1 Å². The molecule has 34 heavy (non-hydrogen) atoms. The number of unbranched alkanes of at least 4 members (excludes halogenated alkanes) is 2. The molecule has 0 aliphatic rings. The summed E-state index contributed by atoms with van der Waals surface area (Å²) in [7, 11) is 0. The Bertz CT molecular complexity index is 1080. The first-order valence-electron chi connectivity index (χ1n) is 12.3. The molecule has 3 aromatic rings. The molecule has 5 nitrogen and oxygen atoms in total. The Kier molecular flexibility index (Phi) is 9.14. The quantitative estimate of drug-likeness (QED) is 0.271. The topological polar surface area (TPSA) is 66.8 Å². The Morgan fingerprint density at radius 1 is 1.06 bits per heavy atom.